The number of rotatable bonds is 65. The summed E-state index contributed by atoms with van der Waals surface area (Å²) in [5.74, 6) is -1.60. The Kier molecular flexibility index (Phi) is 62.0. The van der Waals surface area contributed by atoms with E-state index < -0.39 is 91.5 Å². The molecule has 514 valence electrons. The first-order valence-corrected chi connectivity index (χ1v) is 37.5. The first-order valence-electron chi connectivity index (χ1n) is 34.5. The molecule has 0 spiro atoms. The fourth-order valence-corrected chi connectivity index (χ4v) is 10.7. The van der Waals surface area contributed by atoms with Gasteiger partial charge in [-0.3, -0.25) is 32.5 Å². The van der Waals surface area contributed by atoms with Gasteiger partial charge in [0.25, 0.3) is 0 Å². The van der Waals surface area contributed by atoms with E-state index in [9.17, 15) is 43.5 Å². The molecule has 0 aromatic heterocycles. The quantitative estimate of drug-likeness (QED) is 0.0146. The summed E-state index contributed by atoms with van der Waals surface area (Å²) < 4.78 is 60.9. The van der Waals surface area contributed by atoms with Crippen molar-refractivity contribution < 1.29 is 75.8 Å². The normalized spacial score (nSPS) is 14.8. The smallest absolute Gasteiger partial charge is 0.463 e. The maximum Gasteiger partial charge on any atom is 0.472 e. The summed E-state index contributed by atoms with van der Waals surface area (Å²) in [7, 11) is -9.78. The number of phosphoric ester groups is 2. The molecule has 16 nitrogen and oxygen atoms in total. The van der Waals surface area contributed by atoms with Crippen LogP contribution in [0.2, 0.25) is 0 Å². The highest BCUT2D eigenvalue weighted by atomic mass is 31.2. The van der Waals surface area contributed by atoms with Crippen LogP contribution in [0.5, 0.6) is 0 Å². The predicted molar refractivity (Wildman–Crippen MR) is 362 cm³/mol. The van der Waals surface area contributed by atoms with Crippen LogP contribution < -0.4 is 0 Å². The van der Waals surface area contributed by atoms with Crippen LogP contribution >= 0.6 is 15.6 Å². The monoisotopic (exact) mass is 1290 g/mol. The van der Waals surface area contributed by atoms with Gasteiger partial charge in [-0.2, -0.15) is 0 Å². The summed E-state index contributed by atoms with van der Waals surface area (Å²) in [5.41, 5.74) is 0. The van der Waals surface area contributed by atoms with Gasteiger partial charge >= 0.3 is 33.6 Å². The fourth-order valence-electron chi connectivity index (χ4n) is 9.08. The molecule has 5 unspecified atom stereocenters. The Morgan fingerprint density at radius 3 is 0.944 bits per heavy atom. The summed E-state index contributed by atoms with van der Waals surface area (Å²) in [4.78, 5) is 58.4. The molecule has 0 aliphatic carbocycles. The SMILES string of the molecule is CC/C=C\C/C=C\C/C=C\C/C=C\C/C=C\CCCCCCCC(=O)OCC(O)COP(=O)(O)OCC(O)COP(=O)(O)OCC(COC(=O)CCCCCCCCC/C=C\C/C=C\C/C=C\CC)OC(=O)CCCCCCCCCCCCCCCCC. The maximum absolute atomic E-state index is 12.9. The third-order valence-electron chi connectivity index (χ3n) is 14.3. The van der Waals surface area contributed by atoms with Gasteiger partial charge in [-0.05, 0) is 96.3 Å². The molecular formula is C71H124O16P2. The number of hydrogen-bond donors (Lipinski definition) is 4. The standard InChI is InChI=1S/C71H124O16P2/c1-4-7-10-13-16-19-22-25-28-30-31-32-33-35-38-39-42-45-48-51-54-57-69(74)81-60-66(72)61-83-88(77,78)84-62-67(73)63-85-89(79,80)86-65-68(87-71(76)59-56-53-50-47-44-41-36-27-24-21-18-15-12-9-6-3)64-82-70(75)58-55-52-49-46-43-40-37-34-29-26-23-20-17-14-11-8-5-2/h7-8,10-11,16-17,19-20,25-26,28-29,31-32,35,38,66-68,72-73H,4-6,9,12-15,18,21-24,27,30,33-34,36-37,39-65H2,1-3H3,(H,77,78)(H,79,80)/b10-7-,11-8-,19-16-,20-17-,28-25-,29-26-,32-31-,38-35-. The highest BCUT2D eigenvalue weighted by Crippen LogP contribution is 2.45. The summed E-state index contributed by atoms with van der Waals surface area (Å²) in [6, 6.07) is 0. The largest absolute Gasteiger partial charge is 0.472 e. The van der Waals surface area contributed by atoms with Crippen molar-refractivity contribution in [3.8, 4) is 0 Å². The van der Waals surface area contributed by atoms with Gasteiger partial charge in [-0.1, -0.05) is 259 Å². The van der Waals surface area contributed by atoms with E-state index >= 15 is 0 Å². The van der Waals surface area contributed by atoms with E-state index in [-0.39, 0.29) is 19.3 Å². The Morgan fingerprint density at radius 2 is 0.596 bits per heavy atom. The van der Waals surface area contributed by atoms with E-state index in [2.05, 4.69) is 118 Å². The number of phosphoric acid groups is 2. The molecule has 4 N–H and O–H groups in total. The number of allylic oxidation sites excluding steroid dienone is 16. The lowest BCUT2D eigenvalue weighted by atomic mass is 10.0. The Labute approximate surface area is 539 Å². The number of unbranched alkanes of at least 4 members (excludes halogenated alkanes) is 26. The Morgan fingerprint density at radius 1 is 0.326 bits per heavy atom. The number of aliphatic hydroxyl groups excluding tert-OH is 2. The van der Waals surface area contributed by atoms with E-state index in [0.29, 0.717) is 19.3 Å². The van der Waals surface area contributed by atoms with Gasteiger partial charge in [0.05, 0.1) is 26.4 Å². The van der Waals surface area contributed by atoms with Gasteiger partial charge < -0.3 is 34.2 Å². The van der Waals surface area contributed by atoms with E-state index in [0.717, 1.165) is 154 Å². The summed E-state index contributed by atoms with van der Waals surface area (Å²) in [6.45, 7) is 2.43. The van der Waals surface area contributed by atoms with Crippen molar-refractivity contribution in [1.29, 1.82) is 0 Å². The molecule has 0 heterocycles. The molecule has 0 saturated carbocycles. The van der Waals surface area contributed by atoms with E-state index in [1.165, 1.54) is 64.2 Å². The van der Waals surface area contributed by atoms with Crippen molar-refractivity contribution in [2.24, 2.45) is 0 Å². The van der Waals surface area contributed by atoms with Crippen molar-refractivity contribution in [1.82, 2.24) is 0 Å². The van der Waals surface area contributed by atoms with Crippen molar-refractivity contribution >= 4 is 33.6 Å². The van der Waals surface area contributed by atoms with Crippen LogP contribution in [0, 0.1) is 0 Å². The number of carbonyl (C=O) groups excluding carboxylic acids is 3. The van der Waals surface area contributed by atoms with Crippen LogP contribution in [-0.2, 0) is 55.8 Å². The minimum atomic E-state index is -4.93. The zero-order valence-electron chi connectivity index (χ0n) is 55.6. The molecule has 18 heteroatoms. The lowest BCUT2D eigenvalue weighted by Crippen LogP contribution is -2.30. The lowest BCUT2D eigenvalue weighted by molar-refractivity contribution is -0.161. The number of ether oxygens (including phenoxy) is 3. The molecular weight excluding hydrogens is 1170 g/mol. The topological polar surface area (TPSA) is 231 Å². The minimum absolute atomic E-state index is 0.105. The fraction of sp³-hybridized carbons (Fsp3) is 0.732. The van der Waals surface area contributed by atoms with Crippen molar-refractivity contribution in [3.05, 3.63) is 97.2 Å². The van der Waals surface area contributed by atoms with Crippen LogP contribution in [0.1, 0.15) is 278 Å². The molecule has 0 radical (unpaired) electrons. The third-order valence-corrected chi connectivity index (χ3v) is 16.2. The van der Waals surface area contributed by atoms with Crippen molar-refractivity contribution in [3.63, 3.8) is 0 Å². The molecule has 0 rings (SSSR count). The molecule has 0 aromatic carbocycles. The average Bonchev–Trinajstić information content (AvgIpc) is 3.63. The number of aliphatic hydroxyl groups is 2. The molecule has 0 aliphatic heterocycles. The molecule has 0 aliphatic rings. The third kappa shape index (κ3) is 65.8. The Hall–Kier alpha value is -3.53. The van der Waals surface area contributed by atoms with Gasteiger partial charge in [0.1, 0.15) is 25.4 Å². The van der Waals surface area contributed by atoms with Gasteiger partial charge in [0, 0.05) is 19.3 Å². The zero-order chi connectivity index (χ0) is 65.3. The molecule has 0 aromatic rings. The molecule has 5 atom stereocenters. The van der Waals surface area contributed by atoms with Gasteiger partial charge in [-0.25, -0.2) is 9.13 Å². The second-order valence-corrected chi connectivity index (χ2v) is 25.8. The van der Waals surface area contributed by atoms with Gasteiger partial charge in [0.15, 0.2) is 6.10 Å². The number of carbonyl (C=O) groups is 3. The Balaban J connectivity index is 4.66. The van der Waals surface area contributed by atoms with Crippen LogP contribution in [0.3, 0.4) is 0 Å². The van der Waals surface area contributed by atoms with E-state index in [1.807, 2.05) is 0 Å². The van der Waals surface area contributed by atoms with Gasteiger partial charge in [0.2, 0.25) is 0 Å². The summed E-state index contributed by atoms with van der Waals surface area (Å²) in [6.07, 6.45) is 70.2. The van der Waals surface area contributed by atoms with E-state index in [4.69, 9.17) is 32.3 Å². The molecule has 89 heavy (non-hydrogen) atoms. The van der Waals surface area contributed by atoms with E-state index in [1.54, 1.807) is 0 Å². The zero-order valence-corrected chi connectivity index (χ0v) is 57.4. The average molecular weight is 1300 g/mol. The molecule has 0 saturated heterocycles. The highest BCUT2D eigenvalue weighted by molar-refractivity contribution is 7.47. The Bertz CT molecular complexity index is 2010. The first-order chi connectivity index (χ1) is 43.2. The summed E-state index contributed by atoms with van der Waals surface area (Å²) in [5, 5.41) is 20.5. The van der Waals surface area contributed by atoms with Gasteiger partial charge in [-0.15, -0.1) is 0 Å². The highest BCUT2D eigenvalue weighted by Gasteiger charge is 2.29. The van der Waals surface area contributed by atoms with Crippen LogP contribution in [0.15, 0.2) is 97.2 Å². The lowest BCUT2D eigenvalue weighted by Gasteiger charge is -2.21. The number of esters is 3. The maximum atomic E-state index is 12.9. The summed E-state index contributed by atoms with van der Waals surface area (Å²) >= 11 is 0. The van der Waals surface area contributed by atoms with Crippen molar-refractivity contribution in [2.75, 3.05) is 39.6 Å². The second-order valence-electron chi connectivity index (χ2n) is 22.9. The predicted octanol–water partition coefficient (Wildman–Crippen LogP) is 19.1. The first kappa shape index (κ1) is 85.5. The van der Waals surface area contributed by atoms with Crippen molar-refractivity contribution in [2.45, 2.75) is 296 Å². The molecule has 0 amide bonds. The van der Waals surface area contributed by atoms with Crippen LogP contribution in [0.4, 0.5) is 0 Å². The van der Waals surface area contributed by atoms with Crippen LogP contribution in [-0.4, -0.2) is 95.9 Å². The van der Waals surface area contributed by atoms with Crippen LogP contribution in [0.25, 0.3) is 0 Å². The second kappa shape index (κ2) is 64.6. The molecule has 0 fully saturated rings. The minimum Gasteiger partial charge on any atom is -0.463 e. The molecule has 0 bridgehead atoms. The number of hydrogen-bond acceptors (Lipinski definition) is 14.